The van der Waals surface area contributed by atoms with E-state index in [0.717, 1.165) is 31.2 Å². The number of nitrogens with one attached hydrogen (secondary N) is 2. The van der Waals surface area contributed by atoms with Crippen molar-refractivity contribution in [2.45, 2.75) is 70.4 Å². The third-order valence-electron chi connectivity index (χ3n) is 8.73. The molecule has 2 N–H and O–H groups in total. The number of urea groups is 1. The first-order valence-corrected chi connectivity index (χ1v) is 14.0. The summed E-state index contributed by atoms with van der Waals surface area (Å²) in [5.41, 5.74) is 3.13. The van der Waals surface area contributed by atoms with E-state index < -0.39 is 30.0 Å². The van der Waals surface area contributed by atoms with Gasteiger partial charge in [-0.25, -0.2) is 20.0 Å². The molecule has 4 saturated heterocycles. The van der Waals surface area contributed by atoms with Crippen molar-refractivity contribution in [3.8, 4) is 5.75 Å². The Morgan fingerprint density at radius 3 is 2.67 bits per heavy atom. The number of carbonyl (C=O) groups excluding carboxylic acids is 1. The molecule has 0 radical (unpaired) electrons. The minimum atomic E-state index is -0.818. The molecule has 9 nitrogen and oxygen atoms in total. The van der Waals surface area contributed by atoms with Crippen LogP contribution in [0.15, 0.2) is 53.6 Å². The minimum Gasteiger partial charge on any atom is -0.465 e. The summed E-state index contributed by atoms with van der Waals surface area (Å²) in [5.74, 6) is 0.949. The summed E-state index contributed by atoms with van der Waals surface area (Å²) < 4.78 is 19.3. The molecule has 1 saturated carbocycles. The topological polar surface area (TPSA) is 99.6 Å². The highest BCUT2D eigenvalue weighted by atomic mass is 35.5. The molecule has 39 heavy (non-hydrogen) atoms. The fourth-order valence-electron chi connectivity index (χ4n) is 6.65. The van der Waals surface area contributed by atoms with Crippen molar-refractivity contribution in [3.63, 3.8) is 0 Å². The largest absolute Gasteiger partial charge is 0.465 e. The molecular weight excluding hydrogens is 522 g/mol. The molecule has 208 valence electrons. The van der Waals surface area contributed by atoms with Gasteiger partial charge >= 0.3 is 6.03 Å². The highest BCUT2D eigenvalue weighted by Crippen LogP contribution is 2.60. The number of amides is 2. The van der Waals surface area contributed by atoms with Gasteiger partial charge < -0.3 is 19.5 Å². The molecule has 2 amide bonds. The molecule has 4 aliphatic heterocycles. The number of benzene rings is 2. The normalized spacial score (nSPS) is 37.1. The summed E-state index contributed by atoms with van der Waals surface area (Å²) in [6.45, 7) is 6.38. The van der Waals surface area contributed by atoms with Gasteiger partial charge in [-0.1, -0.05) is 37.6 Å². The van der Waals surface area contributed by atoms with E-state index >= 15 is 0 Å². The average molecular weight is 556 g/mol. The molecule has 5 aliphatic rings. The van der Waals surface area contributed by atoms with Crippen molar-refractivity contribution in [2.24, 2.45) is 28.8 Å². The first-order chi connectivity index (χ1) is 18.8. The number of hydrogen-bond donors (Lipinski definition) is 2. The van der Waals surface area contributed by atoms with Crippen LogP contribution in [0.5, 0.6) is 5.75 Å². The standard InChI is InChI=1S/C29H34ClN3O6/c1-17-8-13-22-18(2)25(36-26-29(22)21(17)14-15-28(3,37-26)38-39-29)35-20-11-9-19(10-12-20)16-31-33-27(34)32-24-7-5-4-6-23(24)30/h4-7,9-12,16-18,21-22,25-26H,8,13-15H2,1-3H3,(H2,32,33,34)/b31-16+/t17-,18-,21+,22+,25+,26?,28+,29-/m1/s1. The van der Waals surface area contributed by atoms with Gasteiger partial charge in [0.15, 0.2) is 11.9 Å². The number of para-hydroxylation sites is 1. The Morgan fingerprint density at radius 1 is 1.08 bits per heavy atom. The predicted octanol–water partition coefficient (Wildman–Crippen LogP) is 6.08. The quantitative estimate of drug-likeness (QED) is 0.263. The van der Waals surface area contributed by atoms with Crippen molar-refractivity contribution in [3.05, 3.63) is 59.1 Å². The third kappa shape index (κ3) is 4.91. The second-order valence-electron chi connectivity index (χ2n) is 11.3. The van der Waals surface area contributed by atoms with Gasteiger partial charge in [-0.3, -0.25) is 0 Å². The Hall–Kier alpha value is -2.69. The Morgan fingerprint density at radius 2 is 1.87 bits per heavy atom. The number of anilines is 1. The lowest BCUT2D eigenvalue weighted by Crippen LogP contribution is -2.70. The Balaban J connectivity index is 1.10. The van der Waals surface area contributed by atoms with E-state index in [2.05, 4.69) is 29.7 Å². The van der Waals surface area contributed by atoms with E-state index in [1.165, 1.54) is 0 Å². The number of hydrogen-bond acceptors (Lipinski definition) is 7. The zero-order chi connectivity index (χ0) is 27.2. The van der Waals surface area contributed by atoms with Gasteiger partial charge in [-0.05, 0) is 80.0 Å². The van der Waals surface area contributed by atoms with E-state index in [9.17, 15) is 4.79 Å². The van der Waals surface area contributed by atoms with E-state index in [0.29, 0.717) is 28.3 Å². The van der Waals surface area contributed by atoms with Crippen LogP contribution in [0.2, 0.25) is 5.02 Å². The SMILES string of the molecule is C[C@H]1[C@@H](Oc2ccc(/C=N/NC(=O)Nc3ccccc3Cl)cc2)OC2O[C@]3(C)CC[C@H]4[C@H](C)CC[C@@H]1[C@@]24OO3. The van der Waals surface area contributed by atoms with Gasteiger partial charge in [0, 0.05) is 18.3 Å². The van der Waals surface area contributed by atoms with E-state index in [-0.39, 0.29) is 11.8 Å². The number of ether oxygens (including phenoxy) is 3. The summed E-state index contributed by atoms with van der Waals surface area (Å²) in [7, 11) is 0. The number of fused-ring (bicyclic) bond motifs is 2. The van der Waals surface area contributed by atoms with Crippen LogP contribution >= 0.6 is 11.6 Å². The molecule has 5 fully saturated rings. The Kier molecular flexibility index (Phi) is 7.05. The van der Waals surface area contributed by atoms with Crippen LogP contribution < -0.4 is 15.5 Å². The molecular formula is C29H34ClN3O6. The zero-order valence-electron chi connectivity index (χ0n) is 22.3. The van der Waals surface area contributed by atoms with Crippen LogP contribution in [0.1, 0.15) is 52.0 Å². The maximum atomic E-state index is 12.1. The first kappa shape index (κ1) is 26.5. The summed E-state index contributed by atoms with van der Waals surface area (Å²) in [6.07, 6.45) is 4.43. The molecule has 8 atom stereocenters. The van der Waals surface area contributed by atoms with Crippen molar-refractivity contribution < 1.29 is 28.8 Å². The molecule has 1 unspecified atom stereocenters. The summed E-state index contributed by atoms with van der Waals surface area (Å²) in [6, 6.07) is 13.9. The number of nitrogens with zero attached hydrogens (tertiary/aromatic N) is 1. The smallest absolute Gasteiger partial charge is 0.339 e. The van der Waals surface area contributed by atoms with Gasteiger partial charge in [-0.15, -0.1) is 0 Å². The monoisotopic (exact) mass is 555 g/mol. The van der Waals surface area contributed by atoms with Gasteiger partial charge in [0.05, 0.1) is 16.9 Å². The summed E-state index contributed by atoms with van der Waals surface area (Å²) >= 11 is 6.07. The van der Waals surface area contributed by atoms with Crippen LogP contribution in [-0.2, 0) is 19.2 Å². The van der Waals surface area contributed by atoms with Gasteiger partial charge in [-0.2, -0.15) is 5.10 Å². The maximum absolute atomic E-state index is 12.1. The maximum Gasteiger partial charge on any atom is 0.339 e. The van der Waals surface area contributed by atoms with Crippen molar-refractivity contribution in [1.82, 2.24) is 5.43 Å². The Bertz CT molecular complexity index is 1240. The lowest BCUT2D eigenvalue weighted by Gasteiger charge is -2.60. The number of halogens is 1. The van der Waals surface area contributed by atoms with E-state index in [4.69, 9.17) is 35.6 Å². The molecule has 1 aliphatic carbocycles. The van der Waals surface area contributed by atoms with Crippen molar-refractivity contribution in [2.75, 3.05) is 5.32 Å². The molecule has 10 heteroatoms. The first-order valence-electron chi connectivity index (χ1n) is 13.6. The fraction of sp³-hybridized carbons (Fsp3) is 0.517. The molecule has 2 aromatic carbocycles. The average Bonchev–Trinajstić information content (AvgIpc) is 3.15. The third-order valence-corrected chi connectivity index (χ3v) is 9.06. The number of rotatable bonds is 5. The van der Waals surface area contributed by atoms with Crippen LogP contribution in [0.3, 0.4) is 0 Å². The molecule has 1 spiro atoms. The van der Waals surface area contributed by atoms with Crippen LogP contribution in [0, 0.1) is 23.7 Å². The molecule has 2 aromatic rings. The molecule has 7 rings (SSSR count). The van der Waals surface area contributed by atoms with E-state index in [1.807, 2.05) is 31.2 Å². The van der Waals surface area contributed by atoms with Crippen LogP contribution in [0.25, 0.3) is 0 Å². The highest BCUT2D eigenvalue weighted by molar-refractivity contribution is 6.33. The van der Waals surface area contributed by atoms with Crippen molar-refractivity contribution >= 4 is 29.5 Å². The predicted molar refractivity (Wildman–Crippen MR) is 145 cm³/mol. The number of hydrazone groups is 1. The van der Waals surface area contributed by atoms with Gasteiger partial charge in [0.2, 0.25) is 12.1 Å². The highest BCUT2D eigenvalue weighted by Gasteiger charge is 2.69. The minimum absolute atomic E-state index is 0.0768. The van der Waals surface area contributed by atoms with Crippen LogP contribution in [-0.4, -0.2) is 36.2 Å². The number of carbonyl (C=O) groups is 1. The second kappa shape index (κ2) is 10.4. The lowest BCUT2D eigenvalue weighted by atomic mass is 9.58. The zero-order valence-corrected chi connectivity index (χ0v) is 23.0. The van der Waals surface area contributed by atoms with Gasteiger partial charge in [0.25, 0.3) is 0 Å². The van der Waals surface area contributed by atoms with Gasteiger partial charge in [0.1, 0.15) is 5.75 Å². The summed E-state index contributed by atoms with van der Waals surface area (Å²) in [5, 5.41) is 7.11. The molecule has 2 bridgehead atoms. The van der Waals surface area contributed by atoms with Crippen molar-refractivity contribution in [1.29, 1.82) is 0 Å². The summed E-state index contributed by atoms with van der Waals surface area (Å²) in [4.78, 5) is 24.2. The molecule has 4 heterocycles. The Labute approximate surface area is 233 Å². The lowest BCUT2D eigenvalue weighted by molar-refractivity contribution is -0.575. The van der Waals surface area contributed by atoms with Crippen LogP contribution in [0.4, 0.5) is 10.5 Å². The fourth-order valence-corrected chi connectivity index (χ4v) is 6.83. The second-order valence-corrected chi connectivity index (χ2v) is 11.7. The van der Waals surface area contributed by atoms with E-state index in [1.54, 1.807) is 30.5 Å². The molecule has 0 aromatic heterocycles.